The summed E-state index contributed by atoms with van der Waals surface area (Å²) < 4.78 is 0. The smallest absolute Gasteiger partial charge is 0.188 e. The largest absolute Gasteiger partial charge is 0.362 e. The van der Waals surface area contributed by atoms with Crippen LogP contribution in [0.4, 0.5) is 5.69 Å². The molecule has 0 heterocycles. The zero-order valence-corrected chi connectivity index (χ0v) is 12.5. The first kappa shape index (κ1) is 14.9. The topological polar surface area (TPSA) is 29.1 Å². The lowest BCUT2D eigenvalue weighted by Gasteiger charge is -2.02. The Bertz CT molecular complexity index is 668. The van der Waals surface area contributed by atoms with E-state index in [4.69, 9.17) is 34.8 Å². The summed E-state index contributed by atoms with van der Waals surface area (Å²) in [5.74, 6) is -0.230. The van der Waals surface area contributed by atoms with E-state index in [1.165, 1.54) is 18.3 Å². The van der Waals surface area contributed by atoms with Crippen molar-refractivity contribution in [1.29, 1.82) is 0 Å². The number of rotatable bonds is 4. The van der Waals surface area contributed by atoms with E-state index in [1.54, 1.807) is 24.3 Å². The summed E-state index contributed by atoms with van der Waals surface area (Å²) in [5.41, 5.74) is 1.15. The highest BCUT2D eigenvalue weighted by Gasteiger charge is 2.07. The number of anilines is 1. The van der Waals surface area contributed by atoms with Gasteiger partial charge in [-0.1, -0.05) is 40.9 Å². The number of nitrogens with one attached hydrogen (secondary N) is 1. The van der Waals surface area contributed by atoms with Crippen LogP contribution < -0.4 is 5.32 Å². The molecule has 0 bridgehead atoms. The molecule has 2 rings (SSSR count). The monoisotopic (exact) mass is 325 g/mol. The molecule has 5 heteroatoms. The van der Waals surface area contributed by atoms with Crippen LogP contribution in [-0.2, 0) is 0 Å². The lowest BCUT2D eigenvalue weighted by molar-refractivity contribution is 0.104. The van der Waals surface area contributed by atoms with Crippen LogP contribution in [0.1, 0.15) is 10.4 Å². The van der Waals surface area contributed by atoms with Crippen molar-refractivity contribution in [2.75, 3.05) is 5.32 Å². The Morgan fingerprint density at radius 3 is 2.50 bits per heavy atom. The Morgan fingerprint density at radius 2 is 1.75 bits per heavy atom. The molecule has 0 aliphatic carbocycles. The zero-order valence-electron chi connectivity index (χ0n) is 10.2. The normalized spacial score (nSPS) is 10.8. The molecule has 0 atom stereocenters. The van der Waals surface area contributed by atoms with E-state index in [-0.39, 0.29) is 5.78 Å². The third-order valence-corrected chi connectivity index (χ3v) is 3.30. The number of halogens is 3. The van der Waals surface area contributed by atoms with Crippen LogP contribution in [0, 0.1) is 0 Å². The van der Waals surface area contributed by atoms with Gasteiger partial charge in [-0.3, -0.25) is 4.79 Å². The molecule has 20 heavy (non-hydrogen) atoms. The molecule has 2 nitrogen and oxygen atoms in total. The van der Waals surface area contributed by atoms with E-state index < -0.39 is 0 Å². The highest BCUT2D eigenvalue weighted by atomic mass is 35.5. The van der Waals surface area contributed by atoms with Crippen LogP contribution in [0.15, 0.2) is 54.7 Å². The molecule has 0 aliphatic heterocycles. The van der Waals surface area contributed by atoms with Gasteiger partial charge in [-0.05, 0) is 36.4 Å². The van der Waals surface area contributed by atoms with Gasteiger partial charge in [-0.2, -0.15) is 0 Å². The van der Waals surface area contributed by atoms with Gasteiger partial charge in [0.15, 0.2) is 5.78 Å². The lowest BCUT2D eigenvalue weighted by Crippen LogP contribution is -1.97. The van der Waals surface area contributed by atoms with E-state index in [2.05, 4.69) is 5.32 Å². The van der Waals surface area contributed by atoms with Gasteiger partial charge in [-0.25, -0.2) is 0 Å². The predicted octanol–water partition coefficient (Wildman–Crippen LogP) is 5.46. The maximum absolute atomic E-state index is 12.0. The number of hydrogen-bond donors (Lipinski definition) is 1. The SMILES string of the molecule is O=C(C=CNc1cccc(Cl)c1)c1cc(Cl)ccc1Cl. The van der Waals surface area contributed by atoms with Crippen LogP contribution in [0.5, 0.6) is 0 Å². The van der Waals surface area contributed by atoms with Gasteiger partial charge < -0.3 is 5.32 Å². The molecule has 0 radical (unpaired) electrons. The van der Waals surface area contributed by atoms with E-state index in [0.29, 0.717) is 20.6 Å². The number of ketones is 1. The van der Waals surface area contributed by atoms with Gasteiger partial charge in [0.1, 0.15) is 0 Å². The fraction of sp³-hybridized carbons (Fsp3) is 0. The molecule has 2 aromatic carbocycles. The Kier molecular flexibility index (Phi) is 5.07. The summed E-state index contributed by atoms with van der Waals surface area (Å²) in [6, 6.07) is 11.9. The first-order valence-corrected chi connectivity index (χ1v) is 6.88. The van der Waals surface area contributed by atoms with Crippen LogP contribution in [0.2, 0.25) is 15.1 Å². The van der Waals surface area contributed by atoms with Gasteiger partial charge in [0.05, 0.1) is 5.02 Å². The van der Waals surface area contributed by atoms with Gasteiger partial charge in [0.25, 0.3) is 0 Å². The Balaban J connectivity index is 2.08. The molecule has 0 saturated heterocycles. The Morgan fingerprint density at radius 1 is 1.00 bits per heavy atom. The van der Waals surface area contributed by atoms with Gasteiger partial charge in [0, 0.05) is 33.6 Å². The molecule has 0 amide bonds. The second-order valence-corrected chi connectivity index (χ2v) is 5.26. The fourth-order valence-electron chi connectivity index (χ4n) is 1.57. The summed E-state index contributed by atoms with van der Waals surface area (Å²) in [6.07, 6.45) is 2.92. The minimum absolute atomic E-state index is 0.230. The number of allylic oxidation sites excluding steroid dienone is 1. The van der Waals surface area contributed by atoms with Gasteiger partial charge in [-0.15, -0.1) is 0 Å². The second kappa shape index (κ2) is 6.80. The molecule has 0 aromatic heterocycles. The van der Waals surface area contributed by atoms with Crippen LogP contribution in [-0.4, -0.2) is 5.78 Å². The highest BCUT2D eigenvalue weighted by Crippen LogP contribution is 2.21. The molecular formula is C15H10Cl3NO. The molecule has 0 unspecified atom stereocenters. The lowest BCUT2D eigenvalue weighted by atomic mass is 10.1. The van der Waals surface area contributed by atoms with Gasteiger partial charge >= 0.3 is 0 Å². The maximum Gasteiger partial charge on any atom is 0.188 e. The average molecular weight is 327 g/mol. The van der Waals surface area contributed by atoms with E-state index >= 15 is 0 Å². The Hall–Kier alpha value is -1.48. The quantitative estimate of drug-likeness (QED) is 0.597. The first-order chi connectivity index (χ1) is 9.56. The molecule has 2 aromatic rings. The van der Waals surface area contributed by atoms with Crippen molar-refractivity contribution < 1.29 is 4.79 Å². The summed E-state index contributed by atoms with van der Waals surface area (Å²) in [5, 5.41) is 4.41. The highest BCUT2D eigenvalue weighted by molar-refractivity contribution is 6.36. The van der Waals surface area contributed by atoms with Crippen molar-refractivity contribution in [3.63, 3.8) is 0 Å². The minimum atomic E-state index is -0.230. The fourth-order valence-corrected chi connectivity index (χ4v) is 2.14. The van der Waals surface area contributed by atoms with Crippen molar-refractivity contribution in [2.45, 2.75) is 0 Å². The summed E-state index contributed by atoms with van der Waals surface area (Å²) in [7, 11) is 0. The first-order valence-electron chi connectivity index (χ1n) is 5.74. The molecule has 0 saturated carbocycles. The molecule has 1 N–H and O–H groups in total. The van der Waals surface area contributed by atoms with Gasteiger partial charge in [0.2, 0.25) is 0 Å². The van der Waals surface area contributed by atoms with E-state index in [0.717, 1.165) is 5.69 Å². The number of benzene rings is 2. The molecule has 0 fully saturated rings. The van der Waals surface area contributed by atoms with Crippen LogP contribution >= 0.6 is 34.8 Å². The molecule has 102 valence electrons. The van der Waals surface area contributed by atoms with Crippen molar-refractivity contribution in [3.8, 4) is 0 Å². The number of carbonyl (C=O) groups is 1. The second-order valence-electron chi connectivity index (χ2n) is 3.98. The standard InChI is InChI=1S/C15H10Cl3NO/c16-10-2-1-3-12(8-10)19-7-6-15(20)13-9-11(17)4-5-14(13)18/h1-9,19H. The third kappa shape index (κ3) is 4.01. The Labute approximate surface area is 132 Å². The maximum atomic E-state index is 12.0. The van der Waals surface area contributed by atoms with E-state index in [9.17, 15) is 4.79 Å². The van der Waals surface area contributed by atoms with Crippen molar-refractivity contribution >= 4 is 46.3 Å². The summed E-state index contributed by atoms with van der Waals surface area (Å²) in [4.78, 5) is 12.0. The number of carbonyl (C=O) groups excluding carboxylic acids is 1. The number of hydrogen-bond acceptors (Lipinski definition) is 2. The average Bonchev–Trinajstić information content (AvgIpc) is 2.41. The van der Waals surface area contributed by atoms with Crippen LogP contribution in [0.3, 0.4) is 0 Å². The van der Waals surface area contributed by atoms with E-state index in [1.807, 2.05) is 12.1 Å². The molecular weight excluding hydrogens is 317 g/mol. The summed E-state index contributed by atoms with van der Waals surface area (Å²) in [6.45, 7) is 0. The minimum Gasteiger partial charge on any atom is -0.362 e. The summed E-state index contributed by atoms with van der Waals surface area (Å²) >= 11 is 17.7. The van der Waals surface area contributed by atoms with Crippen LogP contribution in [0.25, 0.3) is 0 Å². The van der Waals surface area contributed by atoms with Crippen molar-refractivity contribution in [1.82, 2.24) is 0 Å². The third-order valence-electron chi connectivity index (χ3n) is 2.50. The predicted molar refractivity (Wildman–Crippen MR) is 85.0 cm³/mol. The van der Waals surface area contributed by atoms with Crippen molar-refractivity contribution in [3.05, 3.63) is 75.4 Å². The molecule has 0 aliphatic rings. The molecule has 0 spiro atoms. The zero-order chi connectivity index (χ0) is 14.5. The van der Waals surface area contributed by atoms with Crippen molar-refractivity contribution in [2.24, 2.45) is 0 Å².